The van der Waals surface area contributed by atoms with Gasteiger partial charge < -0.3 is 14.4 Å². The summed E-state index contributed by atoms with van der Waals surface area (Å²) in [6, 6.07) is 8.76. The quantitative estimate of drug-likeness (QED) is 0.846. The molecule has 128 valence electrons. The minimum absolute atomic E-state index is 0.424. The largest absolute Gasteiger partial charge is 0.494 e. The summed E-state index contributed by atoms with van der Waals surface area (Å²) in [6.45, 7) is 6.85. The number of benzene rings is 1. The second kappa shape index (κ2) is 6.22. The van der Waals surface area contributed by atoms with Gasteiger partial charge in [-0.1, -0.05) is 12.1 Å². The molecule has 0 spiro atoms. The highest BCUT2D eigenvalue weighted by molar-refractivity contribution is 5.88. The molecule has 0 amide bonds. The van der Waals surface area contributed by atoms with Crippen LogP contribution in [0.15, 0.2) is 24.3 Å². The normalized spacial score (nSPS) is 24.9. The topological polar surface area (TPSA) is 37.8 Å². The molecule has 4 rings (SSSR count). The van der Waals surface area contributed by atoms with Gasteiger partial charge in [-0.15, -0.1) is 0 Å². The van der Waals surface area contributed by atoms with Crippen LogP contribution >= 0.6 is 0 Å². The van der Waals surface area contributed by atoms with Gasteiger partial charge in [0, 0.05) is 30.9 Å². The van der Waals surface area contributed by atoms with Crippen LogP contribution in [0.5, 0.6) is 5.75 Å². The maximum atomic E-state index is 5.84. The first kappa shape index (κ1) is 15.7. The van der Waals surface area contributed by atoms with Gasteiger partial charge in [-0.25, -0.2) is 4.98 Å². The molecule has 3 heterocycles. The zero-order valence-corrected chi connectivity index (χ0v) is 14.7. The van der Waals surface area contributed by atoms with E-state index in [0.29, 0.717) is 12.0 Å². The summed E-state index contributed by atoms with van der Waals surface area (Å²) in [5.41, 5.74) is 2.20. The molecule has 24 heavy (non-hydrogen) atoms. The second-order valence-electron chi connectivity index (χ2n) is 7.06. The van der Waals surface area contributed by atoms with Crippen molar-refractivity contribution in [1.82, 2.24) is 9.88 Å². The van der Waals surface area contributed by atoms with E-state index in [4.69, 9.17) is 14.5 Å². The predicted molar refractivity (Wildman–Crippen MR) is 96.0 cm³/mol. The maximum absolute atomic E-state index is 5.84. The van der Waals surface area contributed by atoms with E-state index in [1.165, 1.54) is 5.56 Å². The number of hydrogen-bond acceptors (Lipinski definition) is 5. The lowest BCUT2D eigenvalue weighted by Gasteiger charge is -2.31. The van der Waals surface area contributed by atoms with Crippen LogP contribution in [-0.4, -0.2) is 62.9 Å². The van der Waals surface area contributed by atoms with Gasteiger partial charge in [0.1, 0.15) is 17.1 Å². The summed E-state index contributed by atoms with van der Waals surface area (Å²) in [4.78, 5) is 9.83. The number of hydrogen-bond donors (Lipinski definition) is 0. The maximum Gasteiger partial charge on any atom is 0.145 e. The molecule has 0 radical (unpaired) electrons. The zero-order chi connectivity index (χ0) is 16.7. The number of aromatic nitrogens is 1. The highest BCUT2D eigenvalue weighted by atomic mass is 16.5. The Morgan fingerprint density at radius 3 is 2.92 bits per heavy atom. The van der Waals surface area contributed by atoms with Gasteiger partial charge in [0.25, 0.3) is 0 Å². The second-order valence-corrected chi connectivity index (χ2v) is 7.06. The van der Waals surface area contributed by atoms with E-state index in [-0.39, 0.29) is 0 Å². The highest BCUT2D eigenvalue weighted by Crippen LogP contribution is 2.30. The zero-order valence-electron chi connectivity index (χ0n) is 14.7. The summed E-state index contributed by atoms with van der Waals surface area (Å²) in [5.74, 6) is 2.42. The van der Waals surface area contributed by atoms with Crippen LogP contribution in [-0.2, 0) is 4.74 Å². The smallest absolute Gasteiger partial charge is 0.145 e. The lowest BCUT2D eigenvalue weighted by atomic mass is 10.1. The molecule has 2 aliphatic heterocycles. The monoisotopic (exact) mass is 327 g/mol. The van der Waals surface area contributed by atoms with Crippen molar-refractivity contribution in [1.29, 1.82) is 0 Å². The number of nitrogens with zero attached hydrogens (tertiary/aromatic N) is 3. The van der Waals surface area contributed by atoms with Gasteiger partial charge in [0.2, 0.25) is 0 Å². The number of ether oxygens (including phenoxy) is 2. The van der Waals surface area contributed by atoms with Gasteiger partial charge in [-0.2, -0.15) is 0 Å². The molecule has 0 unspecified atom stereocenters. The Labute approximate surface area is 143 Å². The first-order chi connectivity index (χ1) is 11.7. The van der Waals surface area contributed by atoms with Gasteiger partial charge >= 0.3 is 0 Å². The molecule has 5 nitrogen and oxygen atoms in total. The molecule has 1 aromatic carbocycles. The number of likely N-dealkylation sites (N-methyl/N-ethyl adjacent to an activating group) is 1. The molecular formula is C19H25N3O2. The molecule has 0 N–H and O–H groups in total. The van der Waals surface area contributed by atoms with E-state index in [9.17, 15) is 0 Å². The molecule has 2 atom stereocenters. The summed E-state index contributed by atoms with van der Waals surface area (Å²) < 4.78 is 11.4. The van der Waals surface area contributed by atoms with Gasteiger partial charge in [-0.05, 0) is 31.7 Å². The molecule has 2 fully saturated rings. The molecule has 1 aromatic heterocycles. The van der Waals surface area contributed by atoms with Gasteiger partial charge in [0.05, 0.1) is 26.4 Å². The number of fused-ring (bicyclic) bond motifs is 4. The lowest BCUT2D eigenvalue weighted by molar-refractivity contribution is 0.0930. The van der Waals surface area contributed by atoms with E-state index in [1.54, 1.807) is 7.11 Å². The minimum Gasteiger partial charge on any atom is -0.494 e. The highest BCUT2D eigenvalue weighted by Gasteiger charge is 2.32. The molecule has 0 saturated carbocycles. The van der Waals surface area contributed by atoms with Crippen LogP contribution in [0.25, 0.3) is 10.9 Å². The van der Waals surface area contributed by atoms with Crippen LogP contribution in [0.1, 0.15) is 5.56 Å². The third-order valence-corrected chi connectivity index (χ3v) is 5.28. The van der Waals surface area contributed by atoms with Crippen molar-refractivity contribution in [3.8, 4) is 5.75 Å². The Bertz CT molecular complexity index is 749. The van der Waals surface area contributed by atoms with Crippen molar-refractivity contribution in [2.75, 3.05) is 51.9 Å². The van der Waals surface area contributed by atoms with E-state index < -0.39 is 0 Å². The van der Waals surface area contributed by atoms with E-state index in [1.807, 2.05) is 12.1 Å². The number of anilines is 1. The molecule has 5 heteroatoms. The van der Waals surface area contributed by atoms with Crippen LogP contribution < -0.4 is 9.64 Å². The number of aryl methyl sites for hydroxylation is 1. The Kier molecular flexibility index (Phi) is 4.06. The van der Waals surface area contributed by atoms with E-state index in [0.717, 1.165) is 55.3 Å². The first-order valence-electron chi connectivity index (χ1n) is 8.63. The van der Waals surface area contributed by atoms with Crippen LogP contribution in [0.2, 0.25) is 0 Å². The molecule has 2 bridgehead atoms. The summed E-state index contributed by atoms with van der Waals surface area (Å²) >= 11 is 0. The fraction of sp³-hybridized carbons (Fsp3) is 0.526. The van der Waals surface area contributed by atoms with Gasteiger partial charge in [-0.3, -0.25) is 4.90 Å². The number of methoxy groups -OCH3 is 1. The third kappa shape index (κ3) is 2.72. The molecule has 2 aliphatic rings. The summed E-state index contributed by atoms with van der Waals surface area (Å²) in [6.07, 6.45) is 0. The van der Waals surface area contributed by atoms with Crippen LogP contribution in [0.3, 0.4) is 0 Å². The Hall–Kier alpha value is -1.85. The van der Waals surface area contributed by atoms with Crippen molar-refractivity contribution in [3.63, 3.8) is 0 Å². The predicted octanol–water partition coefficient (Wildman–Crippen LogP) is 2.32. The Morgan fingerprint density at radius 1 is 1.21 bits per heavy atom. The number of pyridine rings is 1. The molecule has 2 saturated heterocycles. The first-order valence-corrected chi connectivity index (χ1v) is 8.63. The van der Waals surface area contributed by atoms with E-state index >= 15 is 0 Å². The van der Waals surface area contributed by atoms with Crippen molar-refractivity contribution < 1.29 is 9.47 Å². The Morgan fingerprint density at radius 2 is 2.08 bits per heavy atom. The average Bonchev–Trinajstić information content (AvgIpc) is 2.82. The summed E-state index contributed by atoms with van der Waals surface area (Å²) in [5, 5.41) is 1.16. The van der Waals surface area contributed by atoms with Crippen LogP contribution in [0.4, 0.5) is 5.82 Å². The number of para-hydroxylation sites is 1. The van der Waals surface area contributed by atoms with Crippen molar-refractivity contribution in [2.45, 2.75) is 13.0 Å². The average molecular weight is 327 g/mol. The fourth-order valence-electron chi connectivity index (χ4n) is 3.94. The standard InChI is InChI=1S/C19H25N3O2/c1-13-7-18(20-19-16(13)5-4-6-17(19)23-3)22-9-14-8-21(2)15(10-22)12-24-11-14/h4-7,14-15H,8-12H2,1-3H3/t14-,15+/m1/s1. The van der Waals surface area contributed by atoms with E-state index in [2.05, 4.69) is 35.9 Å². The van der Waals surface area contributed by atoms with Crippen molar-refractivity contribution >= 4 is 16.7 Å². The number of rotatable bonds is 2. The Balaban J connectivity index is 1.76. The molecule has 2 aromatic rings. The SMILES string of the molecule is COc1cccc2c(C)cc(N3C[C@@H]4COC[C@H](C3)N(C)C4)nc12. The lowest BCUT2D eigenvalue weighted by Crippen LogP contribution is -2.42. The molecule has 0 aliphatic carbocycles. The van der Waals surface area contributed by atoms with Gasteiger partial charge in [0.15, 0.2) is 0 Å². The minimum atomic E-state index is 0.424. The van der Waals surface area contributed by atoms with Crippen molar-refractivity contribution in [2.24, 2.45) is 5.92 Å². The third-order valence-electron chi connectivity index (χ3n) is 5.28. The van der Waals surface area contributed by atoms with Crippen molar-refractivity contribution in [3.05, 3.63) is 29.8 Å². The van der Waals surface area contributed by atoms with Crippen LogP contribution in [0, 0.1) is 12.8 Å². The summed E-state index contributed by atoms with van der Waals surface area (Å²) in [7, 11) is 3.92. The molecular weight excluding hydrogens is 302 g/mol. The fourth-order valence-corrected chi connectivity index (χ4v) is 3.94.